The normalized spacial score (nSPS) is 13.9. The summed E-state index contributed by atoms with van der Waals surface area (Å²) in [5, 5.41) is 0. The first-order valence-corrected chi connectivity index (χ1v) is 7.97. The van der Waals surface area contributed by atoms with Crippen molar-refractivity contribution in [3.05, 3.63) is 43.0 Å². The van der Waals surface area contributed by atoms with Gasteiger partial charge in [-0.25, -0.2) is 4.98 Å². The van der Waals surface area contributed by atoms with Gasteiger partial charge in [0.15, 0.2) is 0 Å². The second kappa shape index (κ2) is 8.41. The maximum atomic E-state index is 11.2. The SMILES string of the molecule is CCCCCCCCN1[C]N(c2cc(C(N)=O)ccn2)C=C1. The number of pyridine rings is 1. The Morgan fingerprint density at radius 1 is 1.23 bits per heavy atom. The van der Waals surface area contributed by atoms with E-state index in [1.165, 1.54) is 32.1 Å². The summed E-state index contributed by atoms with van der Waals surface area (Å²) in [5.74, 6) is 0.203. The van der Waals surface area contributed by atoms with Crippen molar-refractivity contribution in [2.24, 2.45) is 5.73 Å². The summed E-state index contributed by atoms with van der Waals surface area (Å²) >= 11 is 0. The number of anilines is 1. The van der Waals surface area contributed by atoms with E-state index in [1.807, 2.05) is 17.3 Å². The van der Waals surface area contributed by atoms with Crippen molar-refractivity contribution in [1.82, 2.24) is 9.88 Å². The van der Waals surface area contributed by atoms with Gasteiger partial charge in [-0.15, -0.1) is 0 Å². The van der Waals surface area contributed by atoms with Gasteiger partial charge in [-0.05, 0) is 18.6 Å². The number of hydrogen-bond acceptors (Lipinski definition) is 4. The van der Waals surface area contributed by atoms with E-state index in [2.05, 4.69) is 18.6 Å². The molecule has 0 spiro atoms. The van der Waals surface area contributed by atoms with E-state index < -0.39 is 5.91 Å². The molecule has 5 nitrogen and oxygen atoms in total. The Kier molecular flexibility index (Phi) is 6.25. The molecule has 0 aromatic carbocycles. The molecule has 1 aromatic rings. The number of primary amides is 1. The zero-order valence-electron chi connectivity index (χ0n) is 13.2. The van der Waals surface area contributed by atoms with Crippen LogP contribution in [0.15, 0.2) is 30.7 Å². The molecular weight excluding hydrogens is 276 g/mol. The molecule has 5 heteroatoms. The number of nitrogens with two attached hydrogens (primary N) is 1. The Morgan fingerprint density at radius 2 is 2.00 bits per heavy atom. The van der Waals surface area contributed by atoms with Gasteiger partial charge >= 0.3 is 0 Å². The van der Waals surface area contributed by atoms with Gasteiger partial charge in [0.05, 0.1) is 0 Å². The highest BCUT2D eigenvalue weighted by Crippen LogP contribution is 2.21. The first kappa shape index (κ1) is 16.3. The van der Waals surface area contributed by atoms with E-state index in [1.54, 1.807) is 23.2 Å². The second-order valence-electron chi connectivity index (χ2n) is 5.50. The minimum absolute atomic E-state index is 0.448. The number of carbonyl (C=O) groups is 1. The third-order valence-electron chi connectivity index (χ3n) is 3.66. The van der Waals surface area contributed by atoms with Crippen molar-refractivity contribution in [3.63, 3.8) is 0 Å². The molecule has 1 aliphatic rings. The van der Waals surface area contributed by atoms with Gasteiger partial charge in [0.1, 0.15) is 5.82 Å². The van der Waals surface area contributed by atoms with Crippen molar-refractivity contribution in [3.8, 4) is 0 Å². The van der Waals surface area contributed by atoms with Crippen LogP contribution < -0.4 is 10.6 Å². The number of rotatable bonds is 9. The number of nitrogens with zero attached hydrogens (tertiary/aromatic N) is 3. The van der Waals surface area contributed by atoms with E-state index >= 15 is 0 Å². The van der Waals surface area contributed by atoms with Crippen LogP contribution >= 0.6 is 0 Å². The van der Waals surface area contributed by atoms with Gasteiger partial charge in [0, 0.05) is 30.7 Å². The molecule has 118 valence electrons. The molecule has 2 rings (SSSR count). The molecular formula is C17H24N4O. The highest BCUT2D eigenvalue weighted by Gasteiger charge is 2.17. The highest BCUT2D eigenvalue weighted by atomic mass is 16.1. The summed E-state index contributed by atoms with van der Waals surface area (Å²) < 4.78 is 0. The minimum Gasteiger partial charge on any atom is -0.366 e. The van der Waals surface area contributed by atoms with Gasteiger partial charge < -0.3 is 10.6 Å². The molecule has 0 saturated heterocycles. The van der Waals surface area contributed by atoms with E-state index in [9.17, 15) is 4.79 Å². The molecule has 2 heterocycles. The Balaban J connectivity index is 1.75. The summed E-state index contributed by atoms with van der Waals surface area (Å²) in [6.45, 7) is 6.40. The second-order valence-corrected chi connectivity index (χ2v) is 5.50. The van der Waals surface area contributed by atoms with Crippen LogP contribution in [-0.2, 0) is 0 Å². The summed E-state index contributed by atoms with van der Waals surface area (Å²) in [6, 6.07) is 3.29. The Morgan fingerprint density at radius 3 is 2.77 bits per heavy atom. The summed E-state index contributed by atoms with van der Waals surface area (Å²) in [7, 11) is 0. The molecule has 0 atom stereocenters. The number of unbranched alkanes of at least 4 members (excludes halogenated alkanes) is 5. The molecule has 0 fully saturated rings. The summed E-state index contributed by atoms with van der Waals surface area (Å²) in [5.41, 5.74) is 5.74. The number of carbonyl (C=O) groups excluding carboxylic acids is 1. The quantitative estimate of drug-likeness (QED) is 0.712. The zero-order valence-corrected chi connectivity index (χ0v) is 13.2. The molecule has 1 amide bonds. The van der Waals surface area contributed by atoms with Crippen LogP contribution in [0.25, 0.3) is 0 Å². The van der Waals surface area contributed by atoms with Gasteiger partial charge in [-0.3, -0.25) is 9.69 Å². The molecule has 0 bridgehead atoms. The van der Waals surface area contributed by atoms with E-state index in [4.69, 9.17) is 5.73 Å². The third kappa shape index (κ3) is 4.76. The minimum atomic E-state index is -0.448. The first-order chi connectivity index (χ1) is 10.7. The molecule has 2 N–H and O–H groups in total. The van der Waals surface area contributed by atoms with Crippen LogP contribution in [0.2, 0.25) is 0 Å². The monoisotopic (exact) mass is 300 g/mol. The maximum absolute atomic E-state index is 11.2. The lowest BCUT2D eigenvalue weighted by Crippen LogP contribution is -2.21. The number of aromatic nitrogens is 1. The lowest BCUT2D eigenvalue weighted by molar-refractivity contribution is 0.1000. The predicted octanol–water partition coefficient (Wildman–Crippen LogP) is 3.13. The Hall–Kier alpha value is -2.04. The topological polar surface area (TPSA) is 62.5 Å². The van der Waals surface area contributed by atoms with Crippen LogP contribution in [0.5, 0.6) is 0 Å². The number of hydrogen-bond donors (Lipinski definition) is 1. The fourth-order valence-electron chi connectivity index (χ4n) is 2.37. The van der Waals surface area contributed by atoms with E-state index in [0.29, 0.717) is 11.4 Å². The van der Waals surface area contributed by atoms with E-state index in [-0.39, 0.29) is 0 Å². The molecule has 2 radical (unpaired) electrons. The average molecular weight is 300 g/mol. The standard InChI is InChI=1S/C17H24N4O/c1-2-3-4-5-6-7-10-20-11-12-21(14-20)16-13-15(17(18)22)8-9-19-16/h8-9,11-13H,2-7,10H2,1H3,(H2,18,22). The van der Waals surface area contributed by atoms with Crippen molar-refractivity contribution in [1.29, 1.82) is 0 Å². The first-order valence-electron chi connectivity index (χ1n) is 7.97. The highest BCUT2D eigenvalue weighted by molar-refractivity contribution is 5.93. The molecule has 0 saturated carbocycles. The van der Waals surface area contributed by atoms with Crippen molar-refractivity contribution in [2.75, 3.05) is 11.4 Å². The summed E-state index contributed by atoms with van der Waals surface area (Å²) in [6.07, 6.45) is 13.1. The number of amides is 1. The van der Waals surface area contributed by atoms with Gasteiger partial charge in [0.25, 0.3) is 0 Å². The van der Waals surface area contributed by atoms with Crippen LogP contribution in [0.3, 0.4) is 0 Å². The van der Waals surface area contributed by atoms with E-state index in [0.717, 1.165) is 13.0 Å². The Labute approximate surface area is 132 Å². The fraction of sp³-hybridized carbons (Fsp3) is 0.471. The third-order valence-corrected chi connectivity index (χ3v) is 3.66. The van der Waals surface area contributed by atoms with Gasteiger partial charge in [0.2, 0.25) is 12.6 Å². The van der Waals surface area contributed by atoms with Crippen LogP contribution in [-0.4, -0.2) is 22.3 Å². The summed E-state index contributed by atoms with van der Waals surface area (Å²) in [4.78, 5) is 19.3. The maximum Gasteiger partial charge on any atom is 0.248 e. The van der Waals surface area contributed by atoms with Crippen LogP contribution in [0, 0.1) is 6.67 Å². The molecule has 1 aromatic heterocycles. The Bertz CT molecular complexity index is 515. The predicted molar refractivity (Wildman–Crippen MR) is 87.7 cm³/mol. The van der Waals surface area contributed by atoms with Crippen molar-refractivity contribution in [2.45, 2.75) is 45.4 Å². The average Bonchev–Trinajstić information content (AvgIpc) is 3.00. The van der Waals surface area contributed by atoms with Gasteiger partial charge in [-0.2, -0.15) is 0 Å². The lowest BCUT2D eigenvalue weighted by atomic mass is 10.1. The van der Waals surface area contributed by atoms with Crippen LogP contribution in [0.1, 0.15) is 55.8 Å². The smallest absolute Gasteiger partial charge is 0.248 e. The van der Waals surface area contributed by atoms with Gasteiger partial charge in [-0.1, -0.05) is 39.0 Å². The molecule has 0 unspecified atom stereocenters. The molecule has 22 heavy (non-hydrogen) atoms. The zero-order chi connectivity index (χ0) is 15.8. The molecule has 0 aliphatic carbocycles. The largest absolute Gasteiger partial charge is 0.366 e. The van der Waals surface area contributed by atoms with Crippen molar-refractivity contribution < 1.29 is 4.79 Å². The van der Waals surface area contributed by atoms with Crippen molar-refractivity contribution >= 4 is 11.7 Å². The molecule has 1 aliphatic heterocycles. The van der Waals surface area contributed by atoms with Crippen LogP contribution in [0.4, 0.5) is 5.82 Å². The lowest BCUT2D eigenvalue weighted by Gasteiger charge is -2.18. The fourth-order valence-corrected chi connectivity index (χ4v) is 2.37.